The third-order valence-electron chi connectivity index (χ3n) is 3.76. The number of rotatable bonds is 5. The molecule has 3 aromatic rings. The van der Waals surface area contributed by atoms with Crippen LogP contribution in [0.15, 0.2) is 48.5 Å². The van der Waals surface area contributed by atoms with Crippen molar-refractivity contribution < 1.29 is 9.18 Å². The molecule has 0 spiro atoms. The van der Waals surface area contributed by atoms with Crippen molar-refractivity contribution >= 4 is 11.6 Å². The molecule has 3 rings (SSSR count). The minimum absolute atomic E-state index is 0.262. The summed E-state index contributed by atoms with van der Waals surface area (Å²) in [6.07, 6.45) is 0.424. The summed E-state index contributed by atoms with van der Waals surface area (Å²) in [6.45, 7) is 1.98. The number of nitrogens with zero attached hydrogens (tertiary/aromatic N) is 4. The van der Waals surface area contributed by atoms with Gasteiger partial charge in [-0.2, -0.15) is 5.21 Å². The first-order valence-electron chi connectivity index (χ1n) is 7.43. The lowest BCUT2D eigenvalue weighted by atomic mass is 9.94. The molecular weight excluding hydrogens is 309 g/mol. The van der Waals surface area contributed by atoms with Crippen molar-refractivity contribution in [2.75, 3.05) is 5.32 Å². The molecule has 1 aromatic heterocycles. The fourth-order valence-corrected chi connectivity index (χ4v) is 2.41. The Morgan fingerprint density at radius 1 is 1.21 bits per heavy atom. The van der Waals surface area contributed by atoms with Gasteiger partial charge in [-0.3, -0.25) is 15.1 Å². The molecule has 0 saturated carbocycles. The van der Waals surface area contributed by atoms with E-state index in [0.717, 1.165) is 11.1 Å². The van der Waals surface area contributed by atoms with Crippen LogP contribution in [0.1, 0.15) is 22.9 Å². The number of hydrogen-bond donors (Lipinski definition) is 1. The molecule has 0 bridgehead atoms. The van der Waals surface area contributed by atoms with Crippen LogP contribution >= 0.6 is 0 Å². The molecular formula is C17H15FN5O-. The zero-order valence-electron chi connectivity index (χ0n) is 13.0. The van der Waals surface area contributed by atoms with Crippen LogP contribution in [0.25, 0.3) is 0 Å². The Kier molecular flexibility index (Phi) is 4.60. The minimum atomic E-state index is -0.633. The SMILES string of the molecule is Cc1ccccc1C[C@H](C(=O)Nc1ccc(F)cc1)c1nnn[n-]1. The monoisotopic (exact) mass is 324 g/mol. The fraction of sp³-hybridized carbons (Fsp3) is 0.176. The molecule has 122 valence electrons. The normalized spacial score (nSPS) is 11.9. The van der Waals surface area contributed by atoms with Crippen LogP contribution in [0.3, 0.4) is 0 Å². The molecule has 1 atom stereocenters. The van der Waals surface area contributed by atoms with Gasteiger partial charge < -0.3 is 10.4 Å². The van der Waals surface area contributed by atoms with Crippen molar-refractivity contribution in [3.63, 3.8) is 0 Å². The molecule has 0 saturated heterocycles. The second kappa shape index (κ2) is 6.99. The number of carbonyl (C=O) groups excluding carboxylic acids is 1. The highest BCUT2D eigenvalue weighted by atomic mass is 19.1. The van der Waals surface area contributed by atoms with Crippen molar-refractivity contribution in [3.05, 3.63) is 71.3 Å². The largest absolute Gasteiger partial charge is 0.335 e. The summed E-state index contributed by atoms with van der Waals surface area (Å²) in [6, 6.07) is 13.4. The van der Waals surface area contributed by atoms with E-state index in [2.05, 4.69) is 25.9 Å². The van der Waals surface area contributed by atoms with Crippen molar-refractivity contribution in [2.45, 2.75) is 19.3 Å². The maximum absolute atomic E-state index is 13.0. The number of amides is 1. The topological polar surface area (TPSA) is 81.9 Å². The van der Waals surface area contributed by atoms with Crippen molar-refractivity contribution in [1.82, 2.24) is 20.6 Å². The predicted octanol–water partition coefficient (Wildman–Crippen LogP) is 2.24. The van der Waals surface area contributed by atoms with Gasteiger partial charge in [0.1, 0.15) is 5.82 Å². The molecule has 0 aliphatic rings. The van der Waals surface area contributed by atoms with Gasteiger partial charge >= 0.3 is 0 Å². The summed E-state index contributed by atoms with van der Waals surface area (Å²) >= 11 is 0. The molecule has 0 radical (unpaired) electrons. The Morgan fingerprint density at radius 3 is 2.62 bits per heavy atom. The summed E-state index contributed by atoms with van der Waals surface area (Å²) in [4.78, 5) is 12.7. The van der Waals surface area contributed by atoms with E-state index in [-0.39, 0.29) is 17.5 Å². The van der Waals surface area contributed by atoms with Gasteiger partial charge in [-0.25, -0.2) is 4.39 Å². The van der Waals surface area contributed by atoms with E-state index in [0.29, 0.717) is 12.1 Å². The maximum Gasteiger partial charge on any atom is 0.232 e. The molecule has 6 nitrogen and oxygen atoms in total. The van der Waals surface area contributed by atoms with Crippen molar-refractivity contribution in [2.24, 2.45) is 0 Å². The Labute approximate surface area is 138 Å². The molecule has 0 aliphatic heterocycles. The van der Waals surface area contributed by atoms with Crippen LogP contribution < -0.4 is 10.4 Å². The van der Waals surface area contributed by atoms with E-state index < -0.39 is 5.92 Å². The zero-order chi connectivity index (χ0) is 16.9. The van der Waals surface area contributed by atoms with Gasteiger partial charge in [-0.15, -0.1) is 0 Å². The summed E-state index contributed by atoms with van der Waals surface area (Å²) < 4.78 is 13.0. The van der Waals surface area contributed by atoms with Crippen LogP contribution in [0.5, 0.6) is 0 Å². The van der Waals surface area contributed by atoms with E-state index >= 15 is 0 Å². The summed E-state index contributed by atoms with van der Waals surface area (Å²) in [5.74, 6) is -1.03. The molecule has 1 N–H and O–H groups in total. The summed E-state index contributed by atoms with van der Waals surface area (Å²) in [5, 5.41) is 17.3. The third kappa shape index (κ3) is 3.62. The van der Waals surface area contributed by atoms with E-state index in [1.807, 2.05) is 31.2 Å². The highest BCUT2D eigenvalue weighted by molar-refractivity contribution is 5.95. The third-order valence-corrected chi connectivity index (χ3v) is 3.76. The number of benzene rings is 2. The smallest absolute Gasteiger partial charge is 0.232 e. The number of carbonyl (C=O) groups is 1. The first kappa shape index (κ1) is 15.8. The number of nitrogens with one attached hydrogen (secondary N) is 1. The first-order valence-corrected chi connectivity index (χ1v) is 7.43. The van der Waals surface area contributed by atoms with Crippen LogP contribution in [0, 0.1) is 12.7 Å². The second-order valence-corrected chi connectivity index (χ2v) is 5.42. The summed E-state index contributed by atoms with van der Waals surface area (Å²) in [7, 11) is 0. The molecule has 2 aromatic carbocycles. The van der Waals surface area contributed by atoms with Crippen LogP contribution in [0.4, 0.5) is 10.1 Å². The predicted molar refractivity (Wildman–Crippen MR) is 85.8 cm³/mol. The van der Waals surface area contributed by atoms with Crippen LogP contribution in [0.2, 0.25) is 0 Å². The second-order valence-electron chi connectivity index (χ2n) is 5.42. The lowest BCUT2D eigenvalue weighted by Crippen LogP contribution is -2.24. The number of tetrazole rings is 1. The first-order chi connectivity index (χ1) is 11.6. The van der Waals surface area contributed by atoms with Crippen molar-refractivity contribution in [1.29, 1.82) is 0 Å². The standard InChI is InChI=1S/C17H16FN5O/c1-11-4-2-3-5-12(11)10-15(16-20-22-23-21-16)17(24)19-14-8-6-13(18)7-9-14/h2-9,15H,10H2,1H3,(H2,19,20,21,22,23,24)/p-1/t15-/m0/s1. The quantitative estimate of drug-likeness (QED) is 0.778. The highest BCUT2D eigenvalue weighted by Crippen LogP contribution is 2.21. The van der Waals surface area contributed by atoms with Gasteiger partial charge in [0.25, 0.3) is 0 Å². The van der Waals surface area contributed by atoms with Crippen LogP contribution in [-0.4, -0.2) is 21.4 Å². The van der Waals surface area contributed by atoms with Crippen LogP contribution in [-0.2, 0) is 11.2 Å². The molecule has 1 amide bonds. The van der Waals surface area contributed by atoms with Gasteiger partial charge in [-0.1, -0.05) is 24.3 Å². The Bertz CT molecular complexity index is 817. The number of halogens is 1. The lowest BCUT2D eigenvalue weighted by Gasteiger charge is -2.18. The average Bonchev–Trinajstić information content (AvgIpc) is 3.10. The number of aryl methyl sites for hydroxylation is 1. The number of aromatic nitrogens is 4. The van der Waals surface area contributed by atoms with E-state index in [1.165, 1.54) is 24.3 Å². The zero-order valence-corrected chi connectivity index (χ0v) is 13.0. The summed E-state index contributed by atoms with van der Waals surface area (Å²) in [5.41, 5.74) is 2.59. The number of hydrogen-bond acceptors (Lipinski definition) is 4. The lowest BCUT2D eigenvalue weighted by molar-refractivity contribution is -0.117. The van der Waals surface area contributed by atoms with E-state index in [1.54, 1.807) is 0 Å². The fourth-order valence-electron chi connectivity index (χ4n) is 2.41. The molecule has 0 aliphatic carbocycles. The van der Waals surface area contributed by atoms with Gasteiger partial charge in [-0.05, 0) is 48.7 Å². The number of anilines is 1. The van der Waals surface area contributed by atoms with E-state index in [4.69, 9.17) is 0 Å². The molecule has 0 fully saturated rings. The van der Waals surface area contributed by atoms with Gasteiger partial charge in [0.15, 0.2) is 0 Å². The Morgan fingerprint density at radius 2 is 1.96 bits per heavy atom. The highest BCUT2D eigenvalue weighted by Gasteiger charge is 2.21. The Hall–Kier alpha value is -3.09. The molecule has 24 heavy (non-hydrogen) atoms. The molecule has 1 heterocycles. The molecule has 7 heteroatoms. The van der Waals surface area contributed by atoms with Gasteiger partial charge in [0, 0.05) is 11.5 Å². The van der Waals surface area contributed by atoms with E-state index in [9.17, 15) is 9.18 Å². The minimum Gasteiger partial charge on any atom is -0.335 e. The Balaban J connectivity index is 1.83. The maximum atomic E-state index is 13.0. The molecule has 0 unspecified atom stereocenters. The van der Waals surface area contributed by atoms with Gasteiger partial charge in [0.2, 0.25) is 5.91 Å². The van der Waals surface area contributed by atoms with Crippen molar-refractivity contribution in [3.8, 4) is 0 Å². The average molecular weight is 324 g/mol. The van der Waals surface area contributed by atoms with Gasteiger partial charge in [0.05, 0.1) is 5.92 Å².